The summed E-state index contributed by atoms with van der Waals surface area (Å²) in [5.41, 5.74) is -0.446. The van der Waals surface area contributed by atoms with E-state index in [1.807, 2.05) is 0 Å². The molecule has 0 atom stereocenters. The third kappa shape index (κ3) is 5.02. The molecule has 0 N–H and O–H groups in total. The lowest BCUT2D eigenvalue weighted by Crippen LogP contribution is -2.37. The number of carbonyl (C=O) groups excluding carboxylic acids is 1. The summed E-state index contributed by atoms with van der Waals surface area (Å²) in [6.07, 6.45) is -2.72. The van der Waals surface area contributed by atoms with Crippen LogP contribution in [0.15, 0.2) is 12.3 Å². The zero-order valence-electron chi connectivity index (χ0n) is 13.5. The van der Waals surface area contributed by atoms with Crippen LogP contribution in [-0.2, 0) is 4.74 Å². The van der Waals surface area contributed by atoms with Gasteiger partial charge in [-0.2, -0.15) is 13.2 Å². The van der Waals surface area contributed by atoms with Crippen molar-refractivity contribution < 1.29 is 27.6 Å². The summed E-state index contributed by atoms with van der Waals surface area (Å²) in [6.45, 7) is -0.167. The molecule has 1 aromatic rings. The maximum absolute atomic E-state index is 12.5. The van der Waals surface area contributed by atoms with Gasteiger partial charge in [-0.15, -0.1) is 0 Å². The Morgan fingerprint density at radius 2 is 2.08 bits per heavy atom. The van der Waals surface area contributed by atoms with E-state index in [1.54, 1.807) is 4.90 Å². The number of methoxy groups -OCH3 is 1. The fraction of sp³-hybridized carbons (Fsp3) is 0.571. The highest BCUT2D eigenvalue weighted by atomic mass is 19.4. The van der Waals surface area contributed by atoms with Gasteiger partial charge in [-0.25, -0.2) is 9.78 Å². The number of halogens is 3. The van der Waals surface area contributed by atoms with Crippen molar-refractivity contribution in [3.05, 3.63) is 27.9 Å². The third-order valence-electron chi connectivity index (χ3n) is 3.76. The maximum Gasteiger partial charge on any atom is 0.401 e. The number of carbonyl (C=O) groups is 1. The second kappa shape index (κ2) is 7.64. The zero-order chi connectivity index (χ0) is 18.6. The molecule has 1 fully saturated rings. The van der Waals surface area contributed by atoms with E-state index in [-0.39, 0.29) is 36.7 Å². The summed E-state index contributed by atoms with van der Waals surface area (Å²) >= 11 is 0. The summed E-state index contributed by atoms with van der Waals surface area (Å²) in [4.78, 5) is 28.9. The number of hydrogen-bond acceptors (Lipinski definition) is 7. The molecule has 1 aliphatic rings. The molecule has 0 unspecified atom stereocenters. The second-order valence-corrected chi connectivity index (χ2v) is 5.55. The standard InChI is InChI=1S/C14H17F3N4O4/c1-25-13(22)10-7-11(21(23)24)12(18-8-10)20-4-2-3-19(5-6-20)9-14(15,16)17/h7-8H,2-6,9H2,1H3. The molecule has 1 aliphatic heterocycles. The van der Waals surface area contributed by atoms with E-state index in [0.717, 1.165) is 19.4 Å². The first-order valence-corrected chi connectivity index (χ1v) is 7.48. The van der Waals surface area contributed by atoms with Gasteiger partial charge in [0.2, 0.25) is 5.82 Å². The van der Waals surface area contributed by atoms with Crippen molar-refractivity contribution in [1.29, 1.82) is 0 Å². The van der Waals surface area contributed by atoms with E-state index in [2.05, 4.69) is 9.72 Å². The lowest BCUT2D eigenvalue weighted by molar-refractivity contribution is -0.384. The molecule has 1 aromatic heterocycles. The molecule has 25 heavy (non-hydrogen) atoms. The molecule has 1 saturated heterocycles. The van der Waals surface area contributed by atoms with E-state index >= 15 is 0 Å². The Bertz CT molecular complexity index is 653. The molecular formula is C14H17F3N4O4. The lowest BCUT2D eigenvalue weighted by atomic mass is 10.2. The number of nitro groups is 1. The number of pyridine rings is 1. The SMILES string of the molecule is COC(=O)c1cnc(N2CCCN(CC(F)(F)F)CC2)c([N+](=O)[O-])c1. The minimum atomic E-state index is -4.29. The third-order valence-corrected chi connectivity index (χ3v) is 3.76. The van der Waals surface area contributed by atoms with Crippen molar-refractivity contribution in [3.63, 3.8) is 0 Å². The van der Waals surface area contributed by atoms with Gasteiger partial charge in [0.1, 0.15) is 0 Å². The Morgan fingerprint density at radius 3 is 2.68 bits per heavy atom. The number of rotatable bonds is 4. The van der Waals surface area contributed by atoms with Gasteiger partial charge < -0.3 is 9.64 Å². The minimum absolute atomic E-state index is 0.0338. The minimum Gasteiger partial charge on any atom is -0.465 e. The van der Waals surface area contributed by atoms with Crippen LogP contribution in [0.2, 0.25) is 0 Å². The number of anilines is 1. The van der Waals surface area contributed by atoms with E-state index in [4.69, 9.17) is 0 Å². The van der Waals surface area contributed by atoms with E-state index in [1.165, 1.54) is 4.90 Å². The van der Waals surface area contributed by atoms with Crippen molar-refractivity contribution in [2.75, 3.05) is 44.7 Å². The Labute approximate surface area is 141 Å². The molecule has 0 radical (unpaired) electrons. The van der Waals surface area contributed by atoms with Crippen molar-refractivity contribution in [3.8, 4) is 0 Å². The maximum atomic E-state index is 12.5. The van der Waals surface area contributed by atoms with Crippen LogP contribution in [0.5, 0.6) is 0 Å². The highest BCUT2D eigenvalue weighted by Gasteiger charge is 2.32. The summed E-state index contributed by atoms with van der Waals surface area (Å²) in [7, 11) is 1.14. The van der Waals surface area contributed by atoms with Gasteiger partial charge in [-0.3, -0.25) is 15.0 Å². The average molecular weight is 362 g/mol. The first-order chi connectivity index (χ1) is 11.7. The van der Waals surface area contributed by atoms with Crippen molar-refractivity contribution >= 4 is 17.5 Å². The number of esters is 1. The van der Waals surface area contributed by atoms with Gasteiger partial charge in [-0.05, 0) is 6.42 Å². The van der Waals surface area contributed by atoms with Crippen LogP contribution in [0.25, 0.3) is 0 Å². The predicted molar refractivity (Wildman–Crippen MR) is 81.6 cm³/mol. The van der Waals surface area contributed by atoms with Crippen LogP contribution >= 0.6 is 0 Å². The van der Waals surface area contributed by atoms with E-state index < -0.39 is 23.6 Å². The molecule has 138 valence electrons. The Balaban J connectivity index is 2.20. The van der Waals surface area contributed by atoms with Gasteiger partial charge in [0.15, 0.2) is 0 Å². The van der Waals surface area contributed by atoms with Gasteiger partial charge >= 0.3 is 17.8 Å². The number of ether oxygens (including phenoxy) is 1. The van der Waals surface area contributed by atoms with Gasteiger partial charge in [0.25, 0.3) is 0 Å². The fourth-order valence-electron chi connectivity index (χ4n) is 2.65. The van der Waals surface area contributed by atoms with Crippen molar-refractivity contribution in [2.45, 2.75) is 12.6 Å². The van der Waals surface area contributed by atoms with Crippen LogP contribution in [0, 0.1) is 10.1 Å². The highest BCUT2D eigenvalue weighted by Crippen LogP contribution is 2.28. The van der Waals surface area contributed by atoms with Crippen LogP contribution < -0.4 is 4.90 Å². The number of alkyl halides is 3. The average Bonchev–Trinajstić information content (AvgIpc) is 2.77. The van der Waals surface area contributed by atoms with Gasteiger partial charge in [0.05, 0.1) is 24.1 Å². The lowest BCUT2D eigenvalue weighted by Gasteiger charge is -2.23. The summed E-state index contributed by atoms with van der Waals surface area (Å²) in [5, 5.41) is 11.3. The van der Waals surface area contributed by atoms with Gasteiger partial charge in [0, 0.05) is 38.4 Å². The second-order valence-electron chi connectivity index (χ2n) is 5.55. The zero-order valence-corrected chi connectivity index (χ0v) is 13.5. The summed E-state index contributed by atoms with van der Waals surface area (Å²) in [6, 6.07) is 1.06. The topological polar surface area (TPSA) is 88.8 Å². The molecule has 0 amide bonds. The molecule has 0 aromatic carbocycles. The molecular weight excluding hydrogens is 345 g/mol. The number of nitrogens with zero attached hydrogens (tertiary/aromatic N) is 4. The van der Waals surface area contributed by atoms with Crippen LogP contribution in [0.4, 0.5) is 24.7 Å². The van der Waals surface area contributed by atoms with E-state index in [0.29, 0.717) is 13.0 Å². The number of aromatic nitrogens is 1. The first kappa shape index (κ1) is 18.9. The van der Waals surface area contributed by atoms with Crippen LogP contribution in [-0.4, -0.2) is 66.8 Å². The van der Waals surface area contributed by atoms with Crippen molar-refractivity contribution in [1.82, 2.24) is 9.88 Å². The Hall–Kier alpha value is -2.43. The van der Waals surface area contributed by atoms with Crippen LogP contribution in [0.3, 0.4) is 0 Å². The van der Waals surface area contributed by atoms with Crippen molar-refractivity contribution in [2.24, 2.45) is 0 Å². The normalized spacial score (nSPS) is 16.4. The quantitative estimate of drug-likeness (QED) is 0.459. The molecule has 8 nitrogen and oxygen atoms in total. The van der Waals surface area contributed by atoms with E-state index in [9.17, 15) is 28.1 Å². The number of hydrogen-bond donors (Lipinski definition) is 0. The summed E-state index contributed by atoms with van der Waals surface area (Å²) in [5.74, 6) is -0.721. The summed E-state index contributed by atoms with van der Waals surface area (Å²) < 4.78 is 42.1. The molecule has 11 heteroatoms. The van der Waals surface area contributed by atoms with Gasteiger partial charge in [-0.1, -0.05) is 0 Å². The monoisotopic (exact) mass is 362 g/mol. The first-order valence-electron chi connectivity index (χ1n) is 7.48. The molecule has 0 bridgehead atoms. The highest BCUT2D eigenvalue weighted by molar-refractivity contribution is 5.90. The molecule has 0 saturated carbocycles. The molecule has 2 rings (SSSR count). The van der Waals surface area contributed by atoms with Crippen LogP contribution in [0.1, 0.15) is 16.8 Å². The molecule has 0 aliphatic carbocycles. The Morgan fingerprint density at radius 1 is 1.36 bits per heavy atom. The largest absolute Gasteiger partial charge is 0.465 e. The predicted octanol–water partition coefficient (Wildman–Crippen LogP) is 1.85. The smallest absolute Gasteiger partial charge is 0.401 e. The fourth-order valence-corrected chi connectivity index (χ4v) is 2.65. The molecule has 0 spiro atoms. The Kier molecular flexibility index (Phi) is 5.77. The molecule has 2 heterocycles.